The van der Waals surface area contributed by atoms with Crippen molar-refractivity contribution in [3.8, 4) is 0 Å². The average Bonchev–Trinajstić information content (AvgIpc) is 3.24. The molecule has 1 aromatic heterocycles. The van der Waals surface area contributed by atoms with Gasteiger partial charge in [-0.3, -0.25) is 9.62 Å². The minimum absolute atomic E-state index is 0.00519. The molecule has 6 nitrogen and oxygen atoms in total. The van der Waals surface area contributed by atoms with E-state index in [1.165, 1.54) is 0 Å². The van der Waals surface area contributed by atoms with E-state index in [0.717, 1.165) is 29.5 Å². The zero-order valence-corrected chi connectivity index (χ0v) is 17.8. The SMILES string of the molecule is O=S(=O)(Nc1ncns1)c1cc(F)c(CN2CC[C@H](F)C[C@H]2c2ccccc2)cc1F. The molecule has 4 rings (SSSR count). The Labute approximate surface area is 182 Å². The summed E-state index contributed by atoms with van der Waals surface area (Å²) in [4.78, 5) is 4.75. The van der Waals surface area contributed by atoms with Gasteiger partial charge in [0.25, 0.3) is 10.0 Å². The molecule has 0 aliphatic carbocycles. The van der Waals surface area contributed by atoms with Crippen LogP contribution in [0.15, 0.2) is 53.7 Å². The highest BCUT2D eigenvalue weighted by Crippen LogP contribution is 2.34. The number of hydrogen-bond acceptors (Lipinski definition) is 6. The number of nitrogens with zero attached hydrogens (tertiary/aromatic N) is 3. The van der Waals surface area contributed by atoms with Crippen molar-refractivity contribution in [1.29, 1.82) is 0 Å². The number of likely N-dealkylation sites (tertiary alicyclic amines) is 1. The quantitative estimate of drug-likeness (QED) is 0.584. The molecule has 0 bridgehead atoms. The summed E-state index contributed by atoms with van der Waals surface area (Å²) in [7, 11) is -4.37. The summed E-state index contributed by atoms with van der Waals surface area (Å²) >= 11 is 0.774. The van der Waals surface area contributed by atoms with E-state index in [4.69, 9.17) is 0 Å². The Hall–Kier alpha value is -2.50. The lowest BCUT2D eigenvalue weighted by Crippen LogP contribution is -2.37. The number of alkyl halides is 1. The number of piperidine rings is 1. The van der Waals surface area contributed by atoms with Gasteiger partial charge in [0.2, 0.25) is 5.13 Å². The summed E-state index contributed by atoms with van der Waals surface area (Å²) in [6.45, 7) is 0.402. The van der Waals surface area contributed by atoms with Gasteiger partial charge in [-0.1, -0.05) is 30.3 Å². The van der Waals surface area contributed by atoms with Crippen LogP contribution in [0.1, 0.15) is 30.0 Å². The summed E-state index contributed by atoms with van der Waals surface area (Å²) in [6, 6.07) is 10.6. The highest BCUT2D eigenvalue weighted by Gasteiger charge is 2.31. The van der Waals surface area contributed by atoms with Crippen LogP contribution in [-0.2, 0) is 16.6 Å². The molecule has 0 amide bonds. The fraction of sp³-hybridized carbons (Fsp3) is 0.300. The number of hydrogen-bond donors (Lipinski definition) is 1. The molecule has 1 aliphatic heterocycles. The highest BCUT2D eigenvalue weighted by molar-refractivity contribution is 7.93. The third-order valence-electron chi connectivity index (χ3n) is 5.18. The fourth-order valence-corrected chi connectivity index (χ4v) is 5.42. The van der Waals surface area contributed by atoms with E-state index >= 15 is 0 Å². The molecular weight excluding hydrogens is 449 g/mol. The van der Waals surface area contributed by atoms with Crippen LogP contribution in [0.2, 0.25) is 0 Å². The number of benzene rings is 2. The van der Waals surface area contributed by atoms with Gasteiger partial charge in [0.1, 0.15) is 29.0 Å². The molecule has 0 unspecified atom stereocenters. The number of nitrogens with one attached hydrogen (secondary N) is 1. The molecule has 11 heteroatoms. The zero-order chi connectivity index (χ0) is 22.0. The summed E-state index contributed by atoms with van der Waals surface area (Å²) in [6.07, 6.45) is 0.728. The fourth-order valence-electron chi connectivity index (χ4n) is 3.69. The minimum atomic E-state index is -4.37. The Balaban J connectivity index is 1.59. The van der Waals surface area contributed by atoms with Crippen molar-refractivity contribution in [2.45, 2.75) is 36.5 Å². The summed E-state index contributed by atoms with van der Waals surface area (Å²) < 4.78 is 74.1. The maximum absolute atomic E-state index is 14.8. The van der Waals surface area contributed by atoms with Gasteiger partial charge in [0.05, 0.1) is 0 Å². The second-order valence-electron chi connectivity index (χ2n) is 7.24. The monoisotopic (exact) mass is 468 g/mol. The molecule has 2 aromatic carbocycles. The first-order chi connectivity index (χ1) is 14.8. The standard InChI is InChI=1S/C20H19F3N4O2S2/c21-15-6-7-27(18(9-15)13-4-2-1-3-5-13)11-14-8-17(23)19(10-16(14)22)31(28,29)26-20-24-12-25-30-20/h1-5,8,10,12,15,18H,6-7,9,11H2,(H,24,25,26)/t15-,18-/m0/s1. The number of aromatic nitrogens is 2. The van der Waals surface area contributed by atoms with Gasteiger partial charge in [0, 0.05) is 36.2 Å². The van der Waals surface area contributed by atoms with Crippen LogP contribution in [0, 0.1) is 11.6 Å². The Morgan fingerprint density at radius 3 is 2.65 bits per heavy atom. The Bertz CT molecular complexity index is 1140. The van der Waals surface area contributed by atoms with E-state index in [9.17, 15) is 21.6 Å². The number of halogens is 3. The van der Waals surface area contributed by atoms with Crippen LogP contribution in [0.4, 0.5) is 18.3 Å². The molecule has 3 aromatic rings. The van der Waals surface area contributed by atoms with Crippen LogP contribution in [-0.4, -0.2) is 35.4 Å². The highest BCUT2D eigenvalue weighted by atomic mass is 32.2. The van der Waals surface area contributed by atoms with Gasteiger partial charge in [-0.15, -0.1) is 0 Å². The van der Waals surface area contributed by atoms with Crippen LogP contribution < -0.4 is 4.72 Å². The second-order valence-corrected chi connectivity index (χ2v) is 9.68. The van der Waals surface area contributed by atoms with Crippen molar-refractivity contribution < 1.29 is 21.6 Å². The predicted molar refractivity (Wildman–Crippen MR) is 111 cm³/mol. The lowest BCUT2D eigenvalue weighted by Gasteiger charge is -2.37. The Morgan fingerprint density at radius 1 is 1.16 bits per heavy atom. The molecule has 1 N–H and O–H groups in total. The summed E-state index contributed by atoms with van der Waals surface area (Å²) in [5, 5.41) is -0.0521. The molecule has 1 saturated heterocycles. The molecule has 31 heavy (non-hydrogen) atoms. The van der Waals surface area contributed by atoms with E-state index in [1.54, 1.807) is 0 Å². The van der Waals surface area contributed by atoms with Gasteiger partial charge in [-0.25, -0.2) is 26.6 Å². The normalized spacial score (nSPS) is 20.0. The molecular formula is C20H19F3N4O2S2. The number of rotatable bonds is 6. The lowest BCUT2D eigenvalue weighted by molar-refractivity contribution is 0.0825. The zero-order valence-electron chi connectivity index (χ0n) is 16.2. The van der Waals surface area contributed by atoms with Crippen LogP contribution in [0.25, 0.3) is 0 Å². The topological polar surface area (TPSA) is 75.2 Å². The van der Waals surface area contributed by atoms with Gasteiger partial charge < -0.3 is 0 Å². The maximum Gasteiger partial charge on any atom is 0.266 e. The van der Waals surface area contributed by atoms with Crippen molar-refractivity contribution in [1.82, 2.24) is 14.3 Å². The van der Waals surface area contributed by atoms with E-state index in [2.05, 4.69) is 14.1 Å². The third-order valence-corrected chi connectivity index (χ3v) is 7.24. The molecule has 164 valence electrons. The van der Waals surface area contributed by atoms with Gasteiger partial charge >= 0.3 is 0 Å². The van der Waals surface area contributed by atoms with E-state index < -0.39 is 32.7 Å². The van der Waals surface area contributed by atoms with Gasteiger partial charge in [-0.05, 0) is 30.5 Å². The van der Waals surface area contributed by atoms with Crippen molar-refractivity contribution >= 4 is 26.7 Å². The molecule has 0 spiro atoms. The third kappa shape index (κ3) is 4.89. The molecule has 2 heterocycles. The molecule has 1 aliphatic rings. The van der Waals surface area contributed by atoms with E-state index in [1.807, 2.05) is 35.2 Å². The predicted octanol–water partition coefficient (Wildman–Crippen LogP) is 4.29. The average molecular weight is 469 g/mol. The minimum Gasteiger partial charge on any atom is -0.292 e. The molecule has 1 fully saturated rings. The maximum atomic E-state index is 14.8. The smallest absolute Gasteiger partial charge is 0.266 e. The number of sulfonamides is 1. The summed E-state index contributed by atoms with van der Waals surface area (Å²) in [5.41, 5.74) is 0.900. The lowest BCUT2D eigenvalue weighted by atomic mass is 9.93. The molecule has 0 radical (unpaired) electrons. The van der Waals surface area contributed by atoms with Crippen LogP contribution in [0.3, 0.4) is 0 Å². The van der Waals surface area contributed by atoms with E-state index in [-0.39, 0.29) is 29.7 Å². The first-order valence-electron chi connectivity index (χ1n) is 9.54. The van der Waals surface area contributed by atoms with Crippen LogP contribution in [0.5, 0.6) is 0 Å². The first kappa shape index (κ1) is 21.7. The molecule has 2 atom stereocenters. The summed E-state index contributed by atoms with van der Waals surface area (Å²) in [5.74, 6) is -1.93. The van der Waals surface area contributed by atoms with Crippen LogP contribution >= 0.6 is 11.5 Å². The van der Waals surface area contributed by atoms with Gasteiger partial charge in [-0.2, -0.15) is 4.37 Å². The Morgan fingerprint density at radius 2 is 1.94 bits per heavy atom. The molecule has 0 saturated carbocycles. The van der Waals surface area contributed by atoms with Crippen molar-refractivity contribution in [2.75, 3.05) is 11.3 Å². The Kier molecular flexibility index (Phi) is 6.26. The van der Waals surface area contributed by atoms with Crippen molar-refractivity contribution in [3.63, 3.8) is 0 Å². The van der Waals surface area contributed by atoms with Crippen molar-refractivity contribution in [2.24, 2.45) is 0 Å². The van der Waals surface area contributed by atoms with Gasteiger partial charge in [0.15, 0.2) is 0 Å². The van der Waals surface area contributed by atoms with Crippen molar-refractivity contribution in [3.05, 3.63) is 71.6 Å². The largest absolute Gasteiger partial charge is 0.292 e. The second kappa shape index (κ2) is 8.93. The van der Waals surface area contributed by atoms with E-state index in [0.29, 0.717) is 19.0 Å². The number of anilines is 1. The first-order valence-corrected chi connectivity index (χ1v) is 11.8.